The summed E-state index contributed by atoms with van der Waals surface area (Å²) < 4.78 is 20.8. The van der Waals surface area contributed by atoms with Gasteiger partial charge >= 0.3 is 14.8 Å². The van der Waals surface area contributed by atoms with Crippen molar-refractivity contribution in [3.8, 4) is 0 Å². The fraction of sp³-hybridized carbons (Fsp3) is 0.700. The Morgan fingerprint density at radius 2 is 1.76 bits per heavy atom. The molecule has 17 heavy (non-hydrogen) atoms. The van der Waals surface area contributed by atoms with Gasteiger partial charge in [-0.3, -0.25) is 0 Å². The van der Waals surface area contributed by atoms with Gasteiger partial charge in [0.15, 0.2) is 0 Å². The minimum absolute atomic E-state index is 0.165. The molecule has 0 atom stereocenters. The van der Waals surface area contributed by atoms with E-state index in [1.807, 2.05) is 0 Å². The second-order valence-corrected chi connectivity index (χ2v) is 6.47. The molecule has 6 nitrogen and oxygen atoms in total. The highest BCUT2D eigenvalue weighted by atomic mass is 28.4. The number of carbonyl (C=O) groups is 1. The number of rotatable bonds is 9. The largest absolute Gasteiger partial charge is 0.501 e. The highest BCUT2D eigenvalue weighted by Gasteiger charge is 2.36. The van der Waals surface area contributed by atoms with Crippen LogP contribution in [0.2, 0.25) is 6.04 Å². The fourth-order valence-electron chi connectivity index (χ4n) is 1.16. The highest BCUT2D eigenvalue weighted by Crippen LogP contribution is 2.14. The summed E-state index contributed by atoms with van der Waals surface area (Å²) in [5.74, 6) is -0.987. The third-order valence-electron chi connectivity index (χ3n) is 2.28. The van der Waals surface area contributed by atoms with Gasteiger partial charge in [0.05, 0.1) is 18.4 Å². The average molecular weight is 264 g/mol. The molecular weight excluding hydrogens is 244 g/mol. The van der Waals surface area contributed by atoms with E-state index in [1.54, 1.807) is 21.3 Å². The summed E-state index contributed by atoms with van der Waals surface area (Å²) >= 11 is 0. The third kappa shape index (κ3) is 5.83. The number of hydrogen-bond donors (Lipinski definition) is 1. The van der Waals surface area contributed by atoms with Crippen LogP contribution < -0.4 is 0 Å². The summed E-state index contributed by atoms with van der Waals surface area (Å²) in [6.45, 7) is 1.87. The Bertz CT molecular complexity index is 253. The van der Waals surface area contributed by atoms with Crippen LogP contribution in [0, 0.1) is 0 Å². The summed E-state index contributed by atoms with van der Waals surface area (Å²) in [6.07, 6.45) is 1.91. The van der Waals surface area contributed by atoms with E-state index in [4.69, 9.17) is 23.1 Å². The smallest absolute Gasteiger partial charge is 0.500 e. The van der Waals surface area contributed by atoms with Gasteiger partial charge in [-0.15, -0.1) is 0 Å². The minimum atomic E-state index is -2.53. The van der Waals surface area contributed by atoms with E-state index in [-0.39, 0.29) is 5.57 Å². The maximum absolute atomic E-state index is 10.5. The zero-order valence-electron chi connectivity index (χ0n) is 10.7. The lowest BCUT2D eigenvalue weighted by Gasteiger charge is -2.23. The van der Waals surface area contributed by atoms with Crippen LogP contribution in [0.5, 0.6) is 0 Å². The standard InChI is InChI=1S/C10H20O6Si/c1-9(10(11)12)8-16-6-5-7-17(13-2,14-3)15-4/h8H,5-7H2,1-4H3,(H,11,12). The lowest BCUT2D eigenvalue weighted by atomic mass is 10.3. The van der Waals surface area contributed by atoms with Gasteiger partial charge in [0.2, 0.25) is 0 Å². The molecule has 0 saturated heterocycles. The molecule has 0 aliphatic carbocycles. The molecule has 0 aliphatic rings. The van der Waals surface area contributed by atoms with Crippen LogP contribution >= 0.6 is 0 Å². The van der Waals surface area contributed by atoms with E-state index in [0.717, 1.165) is 0 Å². The van der Waals surface area contributed by atoms with E-state index in [1.165, 1.54) is 13.2 Å². The molecular formula is C10H20O6Si. The lowest BCUT2D eigenvalue weighted by molar-refractivity contribution is -0.132. The predicted molar refractivity (Wildman–Crippen MR) is 63.5 cm³/mol. The zero-order chi connectivity index (χ0) is 13.3. The molecule has 7 heteroatoms. The Morgan fingerprint density at radius 3 is 2.18 bits per heavy atom. The van der Waals surface area contributed by atoms with Crippen LogP contribution in [-0.2, 0) is 22.8 Å². The molecule has 0 saturated carbocycles. The molecule has 0 fully saturated rings. The van der Waals surface area contributed by atoms with Crippen LogP contribution in [0.4, 0.5) is 0 Å². The first-order chi connectivity index (χ1) is 8.01. The van der Waals surface area contributed by atoms with Crippen molar-refractivity contribution in [2.24, 2.45) is 0 Å². The van der Waals surface area contributed by atoms with Gasteiger partial charge in [0.1, 0.15) is 0 Å². The molecule has 100 valence electrons. The summed E-state index contributed by atoms with van der Waals surface area (Å²) in [4.78, 5) is 10.5. The number of aliphatic carboxylic acids is 1. The van der Waals surface area contributed by atoms with Crippen LogP contribution in [0.1, 0.15) is 13.3 Å². The molecule has 0 unspecified atom stereocenters. The van der Waals surface area contributed by atoms with Crippen molar-refractivity contribution in [3.05, 3.63) is 11.8 Å². The first-order valence-corrected chi connectivity index (χ1v) is 7.11. The van der Waals surface area contributed by atoms with E-state index in [2.05, 4.69) is 0 Å². The van der Waals surface area contributed by atoms with Crippen molar-refractivity contribution < 1.29 is 27.9 Å². The number of carboxylic acids is 1. The van der Waals surface area contributed by atoms with E-state index >= 15 is 0 Å². The highest BCUT2D eigenvalue weighted by molar-refractivity contribution is 6.60. The van der Waals surface area contributed by atoms with Crippen LogP contribution in [0.15, 0.2) is 11.8 Å². The number of carboxylic acid groups (broad SMARTS) is 1. The van der Waals surface area contributed by atoms with Gasteiger partial charge in [-0.05, 0) is 13.3 Å². The van der Waals surface area contributed by atoms with Crippen molar-refractivity contribution in [1.82, 2.24) is 0 Å². The number of hydrogen-bond acceptors (Lipinski definition) is 5. The van der Waals surface area contributed by atoms with Crippen molar-refractivity contribution in [3.63, 3.8) is 0 Å². The molecule has 0 heterocycles. The predicted octanol–water partition coefficient (Wildman–Crippen LogP) is 1.26. The quantitative estimate of drug-likeness (QED) is 0.292. The summed E-state index contributed by atoms with van der Waals surface area (Å²) in [5.41, 5.74) is 0.165. The van der Waals surface area contributed by atoms with Gasteiger partial charge in [0, 0.05) is 27.4 Å². The Labute approximate surface area is 102 Å². The Hall–Kier alpha value is -0.893. The first kappa shape index (κ1) is 16.1. The molecule has 1 N–H and O–H groups in total. The fourth-order valence-corrected chi connectivity index (χ4v) is 2.85. The SMILES string of the molecule is CO[Si](CCCOC=C(C)C(=O)O)(OC)OC. The second-order valence-electron chi connectivity index (χ2n) is 3.38. The summed E-state index contributed by atoms with van der Waals surface area (Å²) in [6, 6.07) is 0.621. The summed E-state index contributed by atoms with van der Waals surface area (Å²) in [7, 11) is 2.12. The Kier molecular flexibility index (Phi) is 7.80. The number of ether oxygens (including phenoxy) is 1. The van der Waals surface area contributed by atoms with Crippen molar-refractivity contribution in [2.45, 2.75) is 19.4 Å². The van der Waals surface area contributed by atoms with E-state index < -0.39 is 14.8 Å². The molecule has 0 aromatic heterocycles. The lowest BCUT2D eigenvalue weighted by Crippen LogP contribution is -2.42. The normalized spacial score (nSPS) is 12.6. The van der Waals surface area contributed by atoms with Crippen LogP contribution in [0.25, 0.3) is 0 Å². The third-order valence-corrected chi connectivity index (χ3v) is 5.11. The molecule has 0 amide bonds. The molecule has 0 rings (SSSR count). The molecule has 0 bridgehead atoms. The molecule has 0 aromatic carbocycles. The topological polar surface area (TPSA) is 74.2 Å². The zero-order valence-corrected chi connectivity index (χ0v) is 11.7. The van der Waals surface area contributed by atoms with Gasteiger partial charge in [0.25, 0.3) is 0 Å². The van der Waals surface area contributed by atoms with Crippen LogP contribution in [0.3, 0.4) is 0 Å². The molecule has 0 aliphatic heterocycles. The van der Waals surface area contributed by atoms with E-state index in [0.29, 0.717) is 19.1 Å². The minimum Gasteiger partial charge on any atom is -0.501 e. The maximum atomic E-state index is 10.5. The molecule has 0 radical (unpaired) electrons. The van der Waals surface area contributed by atoms with Crippen LogP contribution in [-0.4, -0.2) is 47.8 Å². The second kappa shape index (κ2) is 8.23. The average Bonchev–Trinajstić information content (AvgIpc) is 2.34. The summed E-state index contributed by atoms with van der Waals surface area (Å²) in [5, 5.41) is 8.58. The van der Waals surface area contributed by atoms with E-state index in [9.17, 15) is 4.79 Å². The first-order valence-electron chi connectivity index (χ1n) is 5.18. The van der Waals surface area contributed by atoms with Gasteiger partial charge in [-0.2, -0.15) is 0 Å². The Balaban J connectivity index is 3.91. The van der Waals surface area contributed by atoms with Gasteiger partial charge < -0.3 is 23.1 Å². The van der Waals surface area contributed by atoms with Crippen molar-refractivity contribution in [2.75, 3.05) is 27.9 Å². The van der Waals surface area contributed by atoms with Gasteiger partial charge in [-0.25, -0.2) is 4.79 Å². The Morgan fingerprint density at radius 1 is 1.24 bits per heavy atom. The van der Waals surface area contributed by atoms with Gasteiger partial charge in [-0.1, -0.05) is 0 Å². The van der Waals surface area contributed by atoms with Crippen molar-refractivity contribution >= 4 is 14.8 Å². The van der Waals surface area contributed by atoms with Crippen molar-refractivity contribution in [1.29, 1.82) is 0 Å². The molecule has 0 aromatic rings. The molecule has 0 spiro atoms. The maximum Gasteiger partial charge on any atom is 0.500 e. The monoisotopic (exact) mass is 264 g/mol.